The van der Waals surface area contributed by atoms with Crippen LogP contribution in [0.25, 0.3) is 22.0 Å². The summed E-state index contributed by atoms with van der Waals surface area (Å²) < 4.78 is 27.9. The van der Waals surface area contributed by atoms with Gasteiger partial charge in [-0.3, -0.25) is 0 Å². The quantitative estimate of drug-likeness (QED) is 0.597. The maximum Gasteiger partial charge on any atom is 0.156 e. The van der Waals surface area contributed by atoms with Gasteiger partial charge in [0.1, 0.15) is 11.6 Å². The number of anilines is 1. The number of benzene rings is 2. The van der Waals surface area contributed by atoms with Crippen molar-refractivity contribution in [3.8, 4) is 11.1 Å². The number of rotatable bonds is 1. The lowest BCUT2D eigenvalue weighted by atomic mass is 10.0. The van der Waals surface area contributed by atoms with E-state index in [1.165, 1.54) is 6.07 Å². The molecule has 1 heterocycles. The van der Waals surface area contributed by atoms with Crippen molar-refractivity contribution in [1.82, 2.24) is 9.97 Å². The van der Waals surface area contributed by atoms with E-state index in [-0.39, 0.29) is 11.3 Å². The predicted molar refractivity (Wildman–Crippen MR) is 96.7 cm³/mol. The Hall–Kier alpha value is -2.56. The molecule has 0 saturated carbocycles. The predicted octanol–water partition coefficient (Wildman–Crippen LogP) is 5.52. The maximum absolute atomic E-state index is 14.0. The molecule has 0 unspecified atom stereocenters. The van der Waals surface area contributed by atoms with Crippen LogP contribution in [0.15, 0.2) is 36.5 Å². The number of hydrogen-bond donors (Lipinski definition) is 1. The molecule has 5 heteroatoms. The van der Waals surface area contributed by atoms with Gasteiger partial charge < -0.3 is 5.73 Å². The number of aromatic nitrogens is 2. The molecular weight excluding hydrogens is 308 g/mol. The molecule has 0 aliphatic heterocycles. The summed E-state index contributed by atoms with van der Waals surface area (Å²) in [7, 11) is 0. The van der Waals surface area contributed by atoms with Crippen LogP contribution >= 0.6 is 0 Å². The summed E-state index contributed by atoms with van der Waals surface area (Å²) in [5.41, 5.74) is 6.42. The Bertz CT molecular complexity index is 817. The fourth-order valence-electron chi connectivity index (χ4n) is 2.11. The van der Waals surface area contributed by atoms with E-state index in [1.54, 1.807) is 31.3 Å². The minimum atomic E-state index is -0.752. The highest BCUT2D eigenvalue weighted by Gasteiger charge is 2.14. The van der Waals surface area contributed by atoms with Crippen molar-refractivity contribution in [2.24, 2.45) is 0 Å². The van der Waals surface area contributed by atoms with Gasteiger partial charge in [0, 0.05) is 11.6 Å². The zero-order valence-electron chi connectivity index (χ0n) is 14.7. The van der Waals surface area contributed by atoms with Crippen molar-refractivity contribution in [3.05, 3.63) is 54.0 Å². The first-order valence-electron chi connectivity index (χ1n) is 8.03. The maximum atomic E-state index is 14.0. The number of hydrogen-bond acceptors (Lipinski definition) is 3. The van der Waals surface area contributed by atoms with E-state index in [9.17, 15) is 8.78 Å². The minimum absolute atomic E-state index is 0.0818. The second-order valence-electron chi connectivity index (χ2n) is 4.52. The first-order chi connectivity index (χ1) is 11.6. The smallest absolute Gasteiger partial charge is 0.156 e. The Morgan fingerprint density at radius 2 is 1.62 bits per heavy atom. The van der Waals surface area contributed by atoms with Crippen LogP contribution in [0.1, 0.15) is 33.5 Å². The fraction of sp³-hybridized carbons (Fsp3) is 0.263. The van der Waals surface area contributed by atoms with Crippen molar-refractivity contribution < 1.29 is 8.78 Å². The van der Waals surface area contributed by atoms with Crippen LogP contribution in [0.5, 0.6) is 0 Å². The zero-order valence-corrected chi connectivity index (χ0v) is 14.7. The standard InChI is InChI=1S/C15H11F2N3.2C2H6/c1-8-19-7-10-6-9(2-5-13(10)20-8)14-11(16)3-4-12(18)15(14)17;2*1-2/h2-7H,18H2,1H3;2*1-2H3. The second-order valence-corrected chi connectivity index (χ2v) is 4.52. The van der Waals surface area contributed by atoms with Gasteiger partial charge in [-0.2, -0.15) is 0 Å². The Balaban J connectivity index is 0.000000671. The van der Waals surface area contributed by atoms with Crippen LogP contribution in [-0.2, 0) is 0 Å². The second kappa shape index (κ2) is 8.91. The van der Waals surface area contributed by atoms with Gasteiger partial charge in [0.25, 0.3) is 0 Å². The Morgan fingerprint density at radius 1 is 0.958 bits per heavy atom. The molecule has 128 valence electrons. The van der Waals surface area contributed by atoms with Crippen LogP contribution in [-0.4, -0.2) is 9.97 Å². The van der Waals surface area contributed by atoms with E-state index in [1.807, 2.05) is 27.7 Å². The fourth-order valence-corrected chi connectivity index (χ4v) is 2.11. The topological polar surface area (TPSA) is 51.8 Å². The van der Waals surface area contributed by atoms with Gasteiger partial charge in [0.15, 0.2) is 5.82 Å². The molecule has 2 N–H and O–H groups in total. The molecule has 24 heavy (non-hydrogen) atoms. The van der Waals surface area contributed by atoms with E-state index in [2.05, 4.69) is 9.97 Å². The minimum Gasteiger partial charge on any atom is -0.396 e. The van der Waals surface area contributed by atoms with Crippen LogP contribution in [0.4, 0.5) is 14.5 Å². The Kier molecular flexibility index (Phi) is 7.24. The molecule has 3 rings (SSSR count). The molecule has 0 fully saturated rings. The molecule has 0 saturated heterocycles. The average molecular weight is 331 g/mol. The molecule has 0 aliphatic carbocycles. The summed E-state index contributed by atoms with van der Waals surface area (Å²) >= 11 is 0. The lowest BCUT2D eigenvalue weighted by Gasteiger charge is -2.08. The largest absolute Gasteiger partial charge is 0.396 e. The van der Waals surface area contributed by atoms with Crippen molar-refractivity contribution >= 4 is 16.6 Å². The number of nitrogen functional groups attached to an aromatic ring is 1. The Morgan fingerprint density at radius 3 is 2.29 bits per heavy atom. The molecule has 1 aromatic heterocycles. The number of nitrogens with two attached hydrogens (primary N) is 1. The van der Waals surface area contributed by atoms with E-state index in [4.69, 9.17) is 5.73 Å². The van der Waals surface area contributed by atoms with Crippen molar-refractivity contribution in [1.29, 1.82) is 0 Å². The third-order valence-corrected chi connectivity index (χ3v) is 3.11. The van der Waals surface area contributed by atoms with Crippen molar-refractivity contribution in [3.63, 3.8) is 0 Å². The summed E-state index contributed by atoms with van der Waals surface area (Å²) in [6.45, 7) is 9.78. The summed E-state index contributed by atoms with van der Waals surface area (Å²) in [6, 6.07) is 7.35. The normalized spacial score (nSPS) is 9.62. The van der Waals surface area contributed by atoms with E-state index in [0.717, 1.165) is 11.6 Å². The molecule has 2 aromatic carbocycles. The van der Waals surface area contributed by atoms with E-state index < -0.39 is 11.6 Å². The highest BCUT2D eigenvalue weighted by atomic mass is 19.1. The summed E-state index contributed by atoms with van der Waals surface area (Å²) in [6.07, 6.45) is 1.63. The molecule has 0 bridgehead atoms. The molecular formula is C19H23F2N3. The summed E-state index contributed by atoms with van der Waals surface area (Å²) in [5, 5.41) is 0.717. The van der Waals surface area contributed by atoms with Gasteiger partial charge in [0.2, 0.25) is 0 Å². The third kappa shape index (κ3) is 4.04. The van der Waals surface area contributed by atoms with Gasteiger partial charge in [-0.25, -0.2) is 18.7 Å². The molecule has 3 nitrogen and oxygen atoms in total. The third-order valence-electron chi connectivity index (χ3n) is 3.11. The van der Waals surface area contributed by atoms with Gasteiger partial charge in [-0.15, -0.1) is 0 Å². The molecule has 0 amide bonds. The number of aryl methyl sites for hydroxylation is 1. The Labute approximate surface area is 141 Å². The summed E-state index contributed by atoms with van der Waals surface area (Å²) in [5.74, 6) is -0.756. The van der Waals surface area contributed by atoms with Crippen LogP contribution in [0.3, 0.4) is 0 Å². The lowest BCUT2D eigenvalue weighted by Crippen LogP contribution is -1.97. The molecule has 0 aliphatic rings. The highest BCUT2D eigenvalue weighted by Crippen LogP contribution is 2.30. The molecule has 0 spiro atoms. The first kappa shape index (κ1) is 19.5. The lowest BCUT2D eigenvalue weighted by molar-refractivity contribution is 0.592. The number of halogens is 2. The SMILES string of the molecule is CC.CC.Cc1ncc2cc(-c3c(F)ccc(N)c3F)ccc2n1. The van der Waals surface area contributed by atoms with E-state index in [0.29, 0.717) is 16.8 Å². The average Bonchev–Trinajstić information content (AvgIpc) is 2.62. The van der Waals surface area contributed by atoms with Crippen LogP contribution in [0.2, 0.25) is 0 Å². The highest BCUT2D eigenvalue weighted by molar-refractivity contribution is 5.84. The molecule has 0 radical (unpaired) electrons. The monoisotopic (exact) mass is 331 g/mol. The van der Waals surface area contributed by atoms with Gasteiger partial charge in [-0.1, -0.05) is 33.8 Å². The van der Waals surface area contributed by atoms with Gasteiger partial charge in [-0.05, 0) is 36.8 Å². The first-order valence-corrected chi connectivity index (χ1v) is 8.03. The van der Waals surface area contributed by atoms with Crippen LogP contribution in [0, 0.1) is 18.6 Å². The van der Waals surface area contributed by atoms with Crippen molar-refractivity contribution in [2.45, 2.75) is 34.6 Å². The zero-order chi connectivity index (χ0) is 18.3. The number of nitrogens with zero attached hydrogens (tertiary/aromatic N) is 2. The van der Waals surface area contributed by atoms with Crippen LogP contribution < -0.4 is 5.73 Å². The van der Waals surface area contributed by atoms with E-state index >= 15 is 0 Å². The molecule has 3 aromatic rings. The molecule has 0 atom stereocenters. The number of fused-ring (bicyclic) bond motifs is 1. The van der Waals surface area contributed by atoms with Gasteiger partial charge >= 0.3 is 0 Å². The van der Waals surface area contributed by atoms with Gasteiger partial charge in [0.05, 0.1) is 16.8 Å². The summed E-state index contributed by atoms with van der Waals surface area (Å²) in [4.78, 5) is 8.33. The van der Waals surface area contributed by atoms with Crippen molar-refractivity contribution in [2.75, 3.05) is 5.73 Å².